The lowest BCUT2D eigenvalue weighted by Gasteiger charge is -2.32. The van der Waals surface area contributed by atoms with Gasteiger partial charge in [0.25, 0.3) is 11.8 Å². The fraction of sp³-hybridized carbons (Fsp3) is 0.292. The number of aromatic nitrogens is 3. The molecule has 0 radical (unpaired) electrons. The van der Waals surface area contributed by atoms with Gasteiger partial charge in [-0.25, -0.2) is 14.4 Å². The maximum atomic E-state index is 13.0. The molecule has 1 aliphatic rings. The van der Waals surface area contributed by atoms with Crippen LogP contribution < -0.4 is 5.32 Å². The van der Waals surface area contributed by atoms with Crippen molar-refractivity contribution in [1.29, 1.82) is 0 Å². The second kappa shape index (κ2) is 9.64. The van der Waals surface area contributed by atoms with Crippen LogP contribution >= 0.6 is 0 Å². The number of hydrogen-bond acceptors (Lipinski definition) is 5. The van der Waals surface area contributed by atoms with Crippen molar-refractivity contribution in [3.05, 3.63) is 89.0 Å². The summed E-state index contributed by atoms with van der Waals surface area (Å²) in [7, 11) is 0. The van der Waals surface area contributed by atoms with Crippen molar-refractivity contribution >= 4 is 11.8 Å². The number of hydrogen-bond donors (Lipinski definition) is 1. The first kappa shape index (κ1) is 21.5. The number of pyridine rings is 1. The van der Waals surface area contributed by atoms with Gasteiger partial charge in [-0.1, -0.05) is 18.2 Å². The molecule has 1 atom stereocenters. The minimum absolute atomic E-state index is 0.00596. The van der Waals surface area contributed by atoms with Gasteiger partial charge < -0.3 is 10.2 Å². The highest BCUT2D eigenvalue weighted by Crippen LogP contribution is 2.26. The first-order chi connectivity index (χ1) is 15.5. The van der Waals surface area contributed by atoms with Gasteiger partial charge in [-0.15, -0.1) is 0 Å². The number of rotatable bonds is 5. The van der Waals surface area contributed by atoms with Crippen LogP contribution in [0.5, 0.6) is 0 Å². The van der Waals surface area contributed by atoms with E-state index in [4.69, 9.17) is 0 Å². The lowest BCUT2D eigenvalue weighted by molar-refractivity contribution is 0.0698. The number of carbonyl (C=O) groups excluding carboxylic acids is 2. The number of aryl methyl sites for hydroxylation is 1. The van der Waals surface area contributed by atoms with Crippen molar-refractivity contribution in [2.45, 2.75) is 32.2 Å². The maximum Gasteiger partial charge on any atom is 0.272 e. The molecule has 1 aromatic carbocycles. The van der Waals surface area contributed by atoms with Gasteiger partial charge in [0.15, 0.2) is 0 Å². The average Bonchev–Trinajstić information content (AvgIpc) is 2.83. The van der Waals surface area contributed by atoms with E-state index in [1.807, 2.05) is 0 Å². The van der Waals surface area contributed by atoms with E-state index in [0.29, 0.717) is 35.9 Å². The molecule has 7 nitrogen and oxygen atoms in total. The topological polar surface area (TPSA) is 88.1 Å². The SMILES string of the molecule is Cc1nc([C@@H]2CCCN(C(=O)c3ccccn3)C2)ncc1C(=O)NCc1ccc(F)cc1. The molecule has 1 N–H and O–H groups in total. The molecule has 32 heavy (non-hydrogen) atoms. The van der Waals surface area contributed by atoms with Crippen LogP contribution in [0, 0.1) is 12.7 Å². The van der Waals surface area contributed by atoms with Crippen LogP contribution in [-0.2, 0) is 6.54 Å². The lowest BCUT2D eigenvalue weighted by Crippen LogP contribution is -2.40. The number of halogens is 1. The highest BCUT2D eigenvalue weighted by Gasteiger charge is 2.28. The Morgan fingerprint density at radius 3 is 2.69 bits per heavy atom. The first-order valence-corrected chi connectivity index (χ1v) is 10.6. The highest BCUT2D eigenvalue weighted by atomic mass is 19.1. The number of carbonyl (C=O) groups is 2. The predicted octanol–water partition coefficient (Wildman–Crippen LogP) is 3.27. The summed E-state index contributed by atoms with van der Waals surface area (Å²) < 4.78 is 13.0. The molecule has 1 aliphatic heterocycles. The third kappa shape index (κ3) is 4.96. The highest BCUT2D eigenvalue weighted by molar-refractivity contribution is 5.94. The van der Waals surface area contributed by atoms with E-state index in [1.54, 1.807) is 48.4 Å². The predicted molar refractivity (Wildman–Crippen MR) is 116 cm³/mol. The van der Waals surface area contributed by atoms with Gasteiger partial charge >= 0.3 is 0 Å². The fourth-order valence-corrected chi connectivity index (χ4v) is 3.81. The summed E-state index contributed by atoms with van der Waals surface area (Å²) in [4.78, 5) is 40.3. The van der Waals surface area contributed by atoms with Crippen molar-refractivity contribution in [3.63, 3.8) is 0 Å². The Balaban J connectivity index is 1.41. The molecule has 0 saturated carbocycles. The molecule has 0 bridgehead atoms. The van der Waals surface area contributed by atoms with Crippen LogP contribution in [-0.4, -0.2) is 44.8 Å². The fourth-order valence-electron chi connectivity index (χ4n) is 3.81. The molecule has 3 aromatic rings. The molecule has 8 heteroatoms. The van der Waals surface area contributed by atoms with E-state index in [9.17, 15) is 14.0 Å². The van der Waals surface area contributed by atoms with Gasteiger partial charge in [0.2, 0.25) is 0 Å². The molecule has 0 unspecified atom stereocenters. The molecule has 2 aromatic heterocycles. The molecular formula is C24H24FN5O2. The molecule has 1 saturated heterocycles. The molecule has 164 valence electrons. The van der Waals surface area contributed by atoms with E-state index >= 15 is 0 Å². The first-order valence-electron chi connectivity index (χ1n) is 10.6. The van der Waals surface area contributed by atoms with Crippen molar-refractivity contribution in [1.82, 2.24) is 25.2 Å². The summed E-state index contributed by atoms with van der Waals surface area (Å²) in [5.41, 5.74) is 2.21. The summed E-state index contributed by atoms with van der Waals surface area (Å²) in [5, 5.41) is 2.81. The van der Waals surface area contributed by atoms with Gasteiger partial charge in [0, 0.05) is 37.9 Å². The van der Waals surface area contributed by atoms with Crippen LogP contribution in [0.1, 0.15) is 56.7 Å². The number of piperidine rings is 1. The van der Waals surface area contributed by atoms with Crippen molar-refractivity contribution in [2.24, 2.45) is 0 Å². The molecule has 2 amide bonds. The van der Waals surface area contributed by atoms with E-state index in [-0.39, 0.29) is 30.1 Å². The number of amides is 2. The second-order valence-corrected chi connectivity index (χ2v) is 7.84. The zero-order chi connectivity index (χ0) is 22.5. The van der Waals surface area contributed by atoms with E-state index in [2.05, 4.69) is 20.3 Å². The zero-order valence-electron chi connectivity index (χ0n) is 17.8. The summed E-state index contributed by atoms with van der Waals surface area (Å²) in [5.74, 6) is -0.0525. The maximum absolute atomic E-state index is 13.0. The van der Waals surface area contributed by atoms with Gasteiger partial charge in [-0.3, -0.25) is 14.6 Å². The third-order valence-electron chi connectivity index (χ3n) is 5.57. The number of benzene rings is 1. The van der Waals surface area contributed by atoms with Gasteiger partial charge in [0.1, 0.15) is 17.3 Å². The van der Waals surface area contributed by atoms with Crippen molar-refractivity contribution in [3.8, 4) is 0 Å². The Hall–Kier alpha value is -3.68. The second-order valence-electron chi connectivity index (χ2n) is 7.84. The van der Waals surface area contributed by atoms with E-state index in [0.717, 1.165) is 18.4 Å². The Morgan fingerprint density at radius 1 is 1.16 bits per heavy atom. The van der Waals surface area contributed by atoms with Crippen LogP contribution in [0.3, 0.4) is 0 Å². The van der Waals surface area contributed by atoms with Crippen LogP contribution in [0.4, 0.5) is 4.39 Å². The molecule has 4 rings (SSSR count). The molecule has 3 heterocycles. The number of nitrogens with one attached hydrogen (secondary N) is 1. The third-order valence-corrected chi connectivity index (χ3v) is 5.57. The Labute approximate surface area is 185 Å². The molecule has 0 spiro atoms. The summed E-state index contributed by atoms with van der Waals surface area (Å²) in [6, 6.07) is 11.3. The Morgan fingerprint density at radius 2 is 1.97 bits per heavy atom. The summed E-state index contributed by atoms with van der Waals surface area (Å²) in [6.45, 7) is 3.25. The van der Waals surface area contributed by atoms with Crippen LogP contribution in [0.2, 0.25) is 0 Å². The largest absolute Gasteiger partial charge is 0.348 e. The Bertz CT molecular complexity index is 1110. The minimum Gasteiger partial charge on any atom is -0.348 e. The van der Waals surface area contributed by atoms with E-state index < -0.39 is 0 Å². The smallest absolute Gasteiger partial charge is 0.272 e. The van der Waals surface area contributed by atoms with Crippen molar-refractivity contribution in [2.75, 3.05) is 13.1 Å². The van der Waals surface area contributed by atoms with Gasteiger partial charge in [-0.05, 0) is 49.6 Å². The molecule has 0 aliphatic carbocycles. The molecule has 1 fully saturated rings. The van der Waals surface area contributed by atoms with Crippen LogP contribution in [0.25, 0.3) is 0 Å². The normalized spacial score (nSPS) is 15.9. The zero-order valence-corrected chi connectivity index (χ0v) is 17.8. The van der Waals surface area contributed by atoms with Crippen molar-refractivity contribution < 1.29 is 14.0 Å². The monoisotopic (exact) mass is 433 g/mol. The summed E-state index contributed by atoms with van der Waals surface area (Å²) >= 11 is 0. The average molecular weight is 433 g/mol. The number of likely N-dealkylation sites (tertiary alicyclic amines) is 1. The lowest BCUT2D eigenvalue weighted by atomic mass is 9.96. The Kier molecular flexibility index (Phi) is 6.49. The van der Waals surface area contributed by atoms with Crippen LogP contribution in [0.15, 0.2) is 54.9 Å². The standard InChI is InChI=1S/C24H24FN5O2/c1-16-20(23(31)28-13-17-7-9-19(25)10-8-17)14-27-22(29-16)18-5-4-12-30(15-18)24(32)21-6-2-3-11-26-21/h2-3,6-11,14,18H,4-5,12-13,15H2,1H3,(H,28,31)/t18-/m1/s1. The summed E-state index contributed by atoms with van der Waals surface area (Å²) in [6.07, 6.45) is 4.88. The van der Waals surface area contributed by atoms with E-state index in [1.165, 1.54) is 18.3 Å². The minimum atomic E-state index is -0.317. The van der Waals surface area contributed by atoms with Gasteiger partial charge in [0.05, 0.1) is 11.3 Å². The quantitative estimate of drug-likeness (QED) is 0.667. The molecular weight excluding hydrogens is 409 g/mol. The van der Waals surface area contributed by atoms with Gasteiger partial charge in [-0.2, -0.15) is 0 Å². The number of nitrogens with zero attached hydrogens (tertiary/aromatic N) is 4.